The second-order valence-electron chi connectivity index (χ2n) is 25.2. The molecule has 33 heteroatoms. The molecule has 0 aromatic rings. The fraction of sp³-hybridized carbons (Fsp3) is 0.903. The van der Waals surface area contributed by atoms with Gasteiger partial charge in [0.15, 0.2) is 38.0 Å². The predicted octanol–water partition coefficient (Wildman–Crippen LogP) is 14.2. The molecular weight excluding hydrogens is 1420 g/mol. The average Bonchev–Trinajstić information content (AvgIpc) is 0.753. The summed E-state index contributed by atoms with van der Waals surface area (Å²) in [5.74, 6) is -5.86. The number of carbonyl (C=O) groups excluding carboxylic acids is 4. The van der Waals surface area contributed by atoms with Crippen LogP contribution >= 0.6 is 91.6 Å². The maximum atomic E-state index is 14.3. The zero-order chi connectivity index (χ0) is 69.2. The maximum absolute atomic E-state index is 14.3. The second kappa shape index (κ2) is 52.4. The molecule has 0 aromatic heterocycles. The number of fused-ring (bicyclic) bond motifs is 2. The van der Waals surface area contributed by atoms with Gasteiger partial charge in [-0.3, -0.25) is 28.1 Å². The summed E-state index contributed by atoms with van der Waals surface area (Å²) < 4.78 is 132. The van der Waals surface area contributed by atoms with E-state index < -0.39 is 158 Å². The lowest BCUT2D eigenvalue weighted by Gasteiger charge is -2.51. The number of carbonyl (C=O) groups is 4. The Bertz CT molecular complexity index is 2200. The number of hydrogen-bond donors (Lipinski definition) is 1. The van der Waals surface area contributed by atoms with E-state index in [0.717, 1.165) is 38.5 Å². The molecule has 1 N–H and O–H groups in total. The van der Waals surface area contributed by atoms with Gasteiger partial charge in [-0.15, -0.1) is 0 Å². The van der Waals surface area contributed by atoms with E-state index in [4.69, 9.17) is 69.6 Å². The minimum atomic E-state index is -2.41. The summed E-state index contributed by atoms with van der Waals surface area (Å²) in [4.78, 5) is 55.8. The molecule has 548 valence electrons. The third kappa shape index (κ3) is 30.6. The van der Waals surface area contributed by atoms with Gasteiger partial charge in [-0.2, -0.15) is 0 Å². The molecule has 4 fully saturated rings. The highest BCUT2D eigenvalue weighted by Gasteiger charge is 2.61. The summed E-state index contributed by atoms with van der Waals surface area (Å²) >= 11 is 0. The maximum Gasteiger partial charge on any atom is 0.369 e. The highest BCUT2D eigenvalue weighted by molar-refractivity contribution is 7.25. The van der Waals surface area contributed by atoms with Crippen molar-refractivity contribution in [1.29, 1.82) is 0 Å². The molecule has 0 aliphatic carbocycles. The first-order valence-electron chi connectivity index (χ1n) is 34.4. The van der Waals surface area contributed by atoms with E-state index in [9.17, 15) is 32.9 Å². The first-order valence-corrected chi connectivity index (χ1v) is 40.4. The van der Waals surface area contributed by atoms with E-state index in [1.165, 1.54) is 122 Å². The molecule has 13 unspecified atom stereocenters. The molecule has 1 amide bonds. The molecule has 4 aliphatic rings. The van der Waals surface area contributed by atoms with Gasteiger partial charge in [0.25, 0.3) is 5.79 Å². The lowest BCUT2D eigenvalue weighted by atomic mass is 9.87. The Labute approximate surface area is 586 Å². The van der Waals surface area contributed by atoms with Crippen LogP contribution in [-0.4, -0.2) is 153 Å². The Morgan fingerprint density at radius 3 is 1.75 bits per heavy atom. The molecule has 25 atom stereocenters. The molecule has 4 saturated heterocycles. The van der Waals surface area contributed by atoms with Crippen molar-refractivity contribution in [3.05, 3.63) is 12.2 Å². The van der Waals surface area contributed by atoms with E-state index in [-0.39, 0.29) is 51.4 Å². The number of cyclic esters (lactones) is 2. The topological polar surface area (TPSA) is 270 Å². The monoisotopic (exact) mass is 1530 g/mol. The number of nitrogens with one attached hydrogen (secondary N) is 1. The number of esters is 2. The van der Waals surface area contributed by atoms with Crippen molar-refractivity contribution < 1.29 is 102 Å². The molecule has 95 heavy (non-hydrogen) atoms. The number of rotatable bonds is 48. The Balaban J connectivity index is 1.62. The highest BCUT2D eigenvalue weighted by atomic mass is 31.1. The van der Waals surface area contributed by atoms with Gasteiger partial charge in [-0.1, -0.05) is 181 Å². The van der Waals surface area contributed by atoms with Crippen molar-refractivity contribution in [2.75, 3.05) is 26.4 Å². The van der Waals surface area contributed by atoms with Crippen molar-refractivity contribution in [3.8, 4) is 0 Å². The fourth-order valence-corrected chi connectivity index (χ4v) is 16.7. The van der Waals surface area contributed by atoms with Crippen molar-refractivity contribution in [2.45, 2.75) is 322 Å². The smallest absolute Gasteiger partial charge is 0.369 e. The Hall–Kier alpha value is 0.450. The van der Waals surface area contributed by atoms with Crippen LogP contribution in [0.3, 0.4) is 0 Å². The molecule has 4 heterocycles. The molecule has 0 spiro atoms. The van der Waals surface area contributed by atoms with Gasteiger partial charge in [-0.05, 0) is 31.3 Å². The van der Waals surface area contributed by atoms with Crippen LogP contribution in [0.25, 0.3) is 0 Å². The standard InChI is InChI=1S/C62H113NO22P10/c1-4-6-8-10-12-14-16-18-19-21-23-25-27-29-31-33-48(64)63-42-37-72-59-56(84-91)58(95-70)53(44(76-59)38-71-49(65)34-35-50(66)75-43(42)32-30-28-26-24-22-20-17-15-13-11-9-7-5-2)78-60-55(83-90)54(52(82-89)45(77-60)39-73-86)80-62(61(67)85-92)36-47(93-68)41(3)51(79-62)57(94-69)46(81-88)40-74-87/h30,32,41-47,51-60H,4-29,31,33-40,86-92H2,1-3H3,(H,63,64)/b32-30+/t41-,42+,43-,44?,45?,46-,47?,51-,52+,53-,54+,55?,56?,57-,58?,59-,60+,62+/m1/s1. The molecule has 4 aliphatic heterocycles. The summed E-state index contributed by atoms with van der Waals surface area (Å²) in [6.07, 6.45) is 19.3. The Kier molecular flexibility index (Phi) is 48.5. The van der Waals surface area contributed by atoms with Gasteiger partial charge in [0, 0.05) is 69.6 Å². The lowest BCUT2D eigenvalue weighted by Crippen LogP contribution is -2.68. The Morgan fingerprint density at radius 1 is 0.663 bits per heavy atom. The first-order chi connectivity index (χ1) is 46.2. The van der Waals surface area contributed by atoms with Crippen LogP contribution in [0.2, 0.25) is 0 Å². The van der Waals surface area contributed by atoms with Crippen molar-refractivity contribution in [3.63, 3.8) is 0 Å². The third-order valence-electron chi connectivity index (χ3n) is 18.1. The quantitative estimate of drug-likeness (QED) is 0.0257. The fourth-order valence-electron chi connectivity index (χ4n) is 12.6. The van der Waals surface area contributed by atoms with Gasteiger partial charge in [0.05, 0.1) is 65.6 Å². The number of amides is 1. The van der Waals surface area contributed by atoms with E-state index >= 15 is 0 Å². The minimum absolute atomic E-state index is 0.0705. The van der Waals surface area contributed by atoms with Crippen molar-refractivity contribution in [2.24, 2.45) is 5.92 Å². The summed E-state index contributed by atoms with van der Waals surface area (Å²) in [6, 6.07) is -0.955. The van der Waals surface area contributed by atoms with Crippen LogP contribution in [0, 0.1) is 5.92 Å². The third-order valence-corrected chi connectivity index (χ3v) is 22.7. The van der Waals surface area contributed by atoms with Crippen LogP contribution in [0.1, 0.15) is 220 Å². The SMILES string of the molecule is CCCCCCCCCCCCC/C=C/[C@H]1OC(=O)CCC(=O)OCC2O[C@@H](OC[C@@H]1NC(=O)CCCCCCCCCCCCCCCCC)C(OP)C(P=O)[C@@H]2O[C@@H]1OC(COP)[C@H](OP)[C@H](O[C@]2(C(=O)OP)CC(P=O)[C@@H](C)[C@H]([C@H](P=O)[C@@H](COP)OP)O2)C1OP. The number of allylic oxidation sites excluding steroid dienone is 1. The van der Waals surface area contributed by atoms with Crippen molar-refractivity contribution >= 4 is 115 Å². The van der Waals surface area contributed by atoms with Crippen LogP contribution in [0.15, 0.2) is 12.2 Å². The van der Waals surface area contributed by atoms with E-state index in [1.54, 1.807) is 13.0 Å². The van der Waals surface area contributed by atoms with E-state index in [2.05, 4.69) is 76.0 Å². The largest absolute Gasteiger partial charge is 0.463 e. The van der Waals surface area contributed by atoms with Crippen molar-refractivity contribution in [1.82, 2.24) is 5.32 Å². The molecule has 2 bridgehead atoms. The molecule has 23 nitrogen and oxygen atoms in total. The van der Waals surface area contributed by atoms with Gasteiger partial charge >= 0.3 is 17.9 Å². The summed E-state index contributed by atoms with van der Waals surface area (Å²) in [7, 11) is 13.2. The van der Waals surface area contributed by atoms with E-state index in [1.807, 2.05) is 15.5 Å². The highest BCUT2D eigenvalue weighted by Crippen LogP contribution is 2.47. The normalized spacial score (nSPS) is 30.2. The van der Waals surface area contributed by atoms with E-state index in [0.29, 0.717) is 12.8 Å². The van der Waals surface area contributed by atoms with Crippen LogP contribution in [0.4, 0.5) is 0 Å². The van der Waals surface area contributed by atoms with Gasteiger partial charge in [0.2, 0.25) is 5.91 Å². The van der Waals surface area contributed by atoms with Gasteiger partial charge < -0.3 is 74.9 Å². The number of ether oxygens (including phenoxy) is 8. The molecule has 0 aromatic carbocycles. The summed E-state index contributed by atoms with van der Waals surface area (Å²) in [5, 5.41) is 3.11. The van der Waals surface area contributed by atoms with Gasteiger partial charge in [-0.25, -0.2) is 4.79 Å². The summed E-state index contributed by atoms with van der Waals surface area (Å²) in [5.41, 5.74) is -3.06. The molecular formula is C62H113NO22P10. The van der Waals surface area contributed by atoms with Crippen LogP contribution in [-0.2, 0) is 102 Å². The molecule has 0 radical (unpaired) electrons. The predicted molar refractivity (Wildman–Crippen MR) is 386 cm³/mol. The zero-order valence-electron chi connectivity index (χ0n) is 56.1. The number of unbranched alkanes of at least 4 members (excludes halogenated alkanes) is 25. The number of hydrogen-bond acceptors (Lipinski definition) is 22. The molecule has 4 rings (SSSR count). The first kappa shape index (κ1) is 87.9. The van der Waals surface area contributed by atoms with Crippen LogP contribution < -0.4 is 5.32 Å². The lowest BCUT2D eigenvalue weighted by molar-refractivity contribution is -0.364. The summed E-state index contributed by atoms with van der Waals surface area (Å²) in [6.45, 7) is 5.13. The van der Waals surface area contributed by atoms with Crippen LogP contribution in [0.5, 0.6) is 0 Å². The average molecular weight is 1530 g/mol. The minimum Gasteiger partial charge on any atom is -0.463 e. The Morgan fingerprint density at radius 2 is 1.23 bits per heavy atom. The molecule has 0 saturated carbocycles. The zero-order valence-corrected chi connectivity index (χ0v) is 66.8. The van der Waals surface area contributed by atoms with Gasteiger partial charge in [0.1, 0.15) is 67.2 Å². The second-order valence-corrected chi connectivity index (χ2v) is 29.7.